The second kappa shape index (κ2) is 5.58. The van der Waals surface area contributed by atoms with Crippen LogP contribution in [0.15, 0.2) is 5.51 Å². The topological polar surface area (TPSA) is 45.1 Å². The second-order valence-corrected chi connectivity index (χ2v) is 5.23. The molecule has 1 aromatic rings. The lowest BCUT2D eigenvalue weighted by Crippen LogP contribution is -2.34. The fourth-order valence-electron chi connectivity index (χ4n) is 1.27. The van der Waals surface area contributed by atoms with Crippen LogP contribution in [-0.2, 0) is 6.54 Å². The summed E-state index contributed by atoms with van der Waals surface area (Å²) in [5.74, 6) is 0. The molecular formula is C11H20N2OS. The largest absolute Gasteiger partial charge is 0.396 e. The molecule has 1 aromatic heterocycles. The molecule has 1 heterocycles. The zero-order valence-electron chi connectivity index (χ0n) is 9.71. The molecule has 1 unspecified atom stereocenters. The molecule has 0 spiro atoms. The summed E-state index contributed by atoms with van der Waals surface area (Å²) in [7, 11) is 0. The molecule has 3 nitrogen and oxygen atoms in total. The van der Waals surface area contributed by atoms with Crippen molar-refractivity contribution >= 4 is 11.3 Å². The van der Waals surface area contributed by atoms with Gasteiger partial charge in [-0.25, -0.2) is 4.98 Å². The van der Waals surface area contributed by atoms with E-state index in [4.69, 9.17) is 0 Å². The number of aliphatic hydroxyl groups excluding tert-OH is 1. The van der Waals surface area contributed by atoms with Crippen LogP contribution in [0.3, 0.4) is 0 Å². The maximum absolute atomic E-state index is 9.25. The van der Waals surface area contributed by atoms with Crippen molar-refractivity contribution in [2.75, 3.05) is 13.2 Å². The first-order chi connectivity index (χ1) is 7.11. The molecule has 0 radical (unpaired) electrons. The minimum Gasteiger partial charge on any atom is -0.396 e. The summed E-state index contributed by atoms with van der Waals surface area (Å²) in [5, 5.41) is 12.6. The first-order valence-corrected chi connectivity index (χ1v) is 6.20. The number of aliphatic hydroxyl groups is 1. The van der Waals surface area contributed by atoms with Crippen LogP contribution in [0.1, 0.15) is 30.8 Å². The maximum atomic E-state index is 9.25. The number of nitrogens with one attached hydrogen (secondary N) is 1. The summed E-state index contributed by atoms with van der Waals surface area (Å²) in [4.78, 5) is 5.48. The zero-order chi connectivity index (χ0) is 11.3. The number of nitrogens with zero attached hydrogens (tertiary/aromatic N) is 1. The van der Waals surface area contributed by atoms with Crippen molar-refractivity contribution in [3.8, 4) is 0 Å². The summed E-state index contributed by atoms with van der Waals surface area (Å²) in [6, 6.07) is 0. The fraction of sp³-hybridized carbons (Fsp3) is 0.727. The summed E-state index contributed by atoms with van der Waals surface area (Å²) in [6.07, 6.45) is 0.984. The van der Waals surface area contributed by atoms with E-state index in [2.05, 4.69) is 24.1 Å². The number of hydrogen-bond acceptors (Lipinski definition) is 4. The predicted molar refractivity (Wildman–Crippen MR) is 64.0 cm³/mol. The van der Waals surface area contributed by atoms with E-state index < -0.39 is 0 Å². The van der Waals surface area contributed by atoms with E-state index in [1.54, 1.807) is 11.3 Å². The summed E-state index contributed by atoms with van der Waals surface area (Å²) < 4.78 is 0. The average Bonchev–Trinajstić information content (AvgIpc) is 2.64. The average molecular weight is 228 g/mol. The van der Waals surface area contributed by atoms with Gasteiger partial charge in [-0.3, -0.25) is 0 Å². The highest BCUT2D eigenvalue weighted by Gasteiger charge is 2.20. The van der Waals surface area contributed by atoms with Gasteiger partial charge in [0.2, 0.25) is 0 Å². The lowest BCUT2D eigenvalue weighted by molar-refractivity contribution is 0.135. The van der Waals surface area contributed by atoms with Gasteiger partial charge in [-0.05, 0) is 13.3 Å². The van der Waals surface area contributed by atoms with Crippen molar-refractivity contribution in [2.24, 2.45) is 5.41 Å². The lowest BCUT2D eigenvalue weighted by atomic mass is 9.89. The minimum atomic E-state index is -0.00140. The predicted octanol–water partition coefficient (Wildman–Crippen LogP) is 1.95. The molecule has 86 valence electrons. The monoisotopic (exact) mass is 228 g/mol. The van der Waals surface area contributed by atoms with Crippen molar-refractivity contribution in [3.63, 3.8) is 0 Å². The van der Waals surface area contributed by atoms with Crippen LogP contribution in [0, 0.1) is 12.3 Å². The quantitative estimate of drug-likeness (QED) is 0.782. The van der Waals surface area contributed by atoms with Crippen LogP contribution in [0.2, 0.25) is 0 Å². The Labute approximate surface area is 95.6 Å². The molecule has 0 saturated carbocycles. The van der Waals surface area contributed by atoms with E-state index in [-0.39, 0.29) is 12.0 Å². The fourth-order valence-corrected chi connectivity index (χ4v) is 2.01. The van der Waals surface area contributed by atoms with E-state index in [1.165, 1.54) is 4.88 Å². The Bertz CT molecular complexity index is 295. The summed E-state index contributed by atoms with van der Waals surface area (Å²) in [6.45, 7) is 8.16. The molecule has 0 aromatic carbocycles. The number of thiazole rings is 1. The van der Waals surface area contributed by atoms with Crippen LogP contribution >= 0.6 is 11.3 Å². The van der Waals surface area contributed by atoms with E-state index in [0.29, 0.717) is 0 Å². The van der Waals surface area contributed by atoms with E-state index >= 15 is 0 Å². The molecule has 1 rings (SSSR count). The second-order valence-electron chi connectivity index (χ2n) is 4.29. The highest BCUT2D eigenvalue weighted by atomic mass is 32.1. The third-order valence-electron chi connectivity index (χ3n) is 2.92. The smallest absolute Gasteiger partial charge is 0.0798 e. The Balaban J connectivity index is 2.36. The first kappa shape index (κ1) is 12.6. The molecule has 0 bridgehead atoms. The molecule has 1 atom stereocenters. The van der Waals surface area contributed by atoms with Crippen molar-refractivity contribution in [1.29, 1.82) is 0 Å². The number of rotatable bonds is 6. The van der Waals surface area contributed by atoms with Crippen molar-refractivity contribution < 1.29 is 5.11 Å². The van der Waals surface area contributed by atoms with Gasteiger partial charge in [0.15, 0.2) is 0 Å². The van der Waals surface area contributed by atoms with E-state index in [9.17, 15) is 5.11 Å². The molecule has 15 heavy (non-hydrogen) atoms. The molecule has 4 heteroatoms. The van der Waals surface area contributed by atoms with Crippen LogP contribution in [-0.4, -0.2) is 23.2 Å². The minimum absolute atomic E-state index is 0.00140. The van der Waals surface area contributed by atoms with Gasteiger partial charge >= 0.3 is 0 Å². The number of aromatic nitrogens is 1. The van der Waals surface area contributed by atoms with Gasteiger partial charge in [0, 0.05) is 30.0 Å². The molecule has 0 aliphatic heterocycles. The molecule has 0 fully saturated rings. The van der Waals surface area contributed by atoms with Gasteiger partial charge in [-0.15, -0.1) is 11.3 Å². The standard InChI is InChI=1S/C11H20N2OS/c1-4-11(3,7-14)6-12-5-10-9(2)13-8-15-10/h8,12,14H,4-7H2,1-3H3. The zero-order valence-corrected chi connectivity index (χ0v) is 10.5. The maximum Gasteiger partial charge on any atom is 0.0798 e. The molecule has 0 aliphatic carbocycles. The Morgan fingerprint density at radius 1 is 1.60 bits per heavy atom. The Morgan fingerprint density at radius 3 is 2.80 bits per heavy atom. The normalized spacial score (nSPS) is 15.2. The number of aryl methyl sites for hydroxylation is 1. The van der Waals surface area contributed by atoms with Gasteiger partial charge in [-0.2, -0.15) is 0 Å². The van der Waals surface area contributed by atoms with Crippen LogP contribution < -0.4 is 5.32 Å². The third-order valence-corrected chi connectivity index (χ3v) is 3.85. The van der Waals surface area contributed by atoms with Gasteiger partial charge in [0.25, 0.3) is 0 Å². The van der Waals surface area contributed by atoms with Crippen LogP contribution in [0.25, 0.3) is 0 Å². The first-order valence-electron chi connectivity index (χ1n) is 5.32. The van der Waals surface area contributed by atoms with Gasteiger partial charge in [0.05, 0.1) is 11.2 Å². The van der Waals surface area contributed by atoms with E-state index in [0.717, 1.165) is 25.2 Å². The van der Waals surface area contributed by atoms with Crippen LogP contribution in [0.5, 0.6) is 0 Å². The SMILES string of the molecule is CCC(C)(CO)CNCc1scnc1C. The Morgan fingerprint density at radius 2 is 2.33 bits per heavy atom. The molecule has 0 amide bonds. The molecule has 0 aliphatic rings. The van der Waals surface area contributed by atoms with Crippen molar-refractivity contribution in [3.05, 3.63) is 16.1 Å². The third kappa shape index (κ3) is 3.55. The summed E-state index contributed by atoms with van der Waals surface area (Å²) >= 11 is 1.68. The lowest BCUT2D eigenvalue weighted by Gasteiger charge is -2.25. The highest BCUT2D eigenvalue weighted by molar-refractivity contribution is 7.09. The molecular weight excluding hydrogens is 208 g/mol. The van der Waals surface area contributed by atoms with Gasteiger partial charge in [0.1, 0.15) is 0 Å². The van der Waals surface area contributed by atoms with E-state index in [1.807, 2.05) is 12.4 Å². The summed E-state index contributed by atoms with van der Waals surface area (Å²) in [5.41, 5.74) is 2.98. The molecule has 2 N–H and O–H groups in total. The Hall–Kier alpha value is -0.450. The van der Waals surface area contributed by atoms with Crippen LogP contribution in [0.4, 0.5) is 0 Å². The van der Waals surface area contributed by atoms with Gasteiger partial charge in [-0.1, -0.05) is 13.8 Å². The highest BCUT2D eigenvalue weighted by Crippen LogP contribution is 2.19. The van der Waals surface area contributed by atoms with Gasteiger partial charge < -0.3 is 10.4 Å². The number of hydrogen-bond donors (Lipinski definition) is 2. The van der Waals surface area contributed by atoms with Crippen molar-refractivity contribution in [2.45, 2.75) is 33.7 Å². The molecule has 0 saturated heterocycles. The van der Waals surface area contributed by atoms with Crippen molar-refractivity contribution in [1.82, 2.24) is 10.3 Å². The Kier molecular flexibility index (Phi) is 4.70.